The minimum Gasteiger partial charge on any atom is -0.406 e. The van der Waals surface area contributed by atoms with Gasteiger partial charge in [0.25, 0.3) is 0 Å². The molecule has 152 valence electrons. The van der Waals surface area contributed by atoms with Crippen LogP contribution in [0.3, 0.4) is 0 Å². The Balaban J connectivity index is 1.64. The van der Waals surface area contributed by atoms with Crippen molar-refractivity contribution < 1.29 is 17.9 Å². The van der Waals surface area contributed by atoms with Crippen molar-refractivity contribution in [1.82, 2.24) is 0 Å². The van der Waals surface area contributed by atoms with Crippen LogP contribution >= 0.6 is 0 Å². The van der Waals surface area contributed by atoms with Crippen LogP contribution in [0.1, 0.15) is 76.3 Å². The molecule has 2 saturated carbocycles. The smallest absolute Gasteiger partial charge is 0.406 e. The number of hydrogen-bond donors (Lipinski definition) is 0. The summed E-state index contributed by atoms with van der Waals surface area (Å²) in [4.78, 5) is 0. The van der Waals surface area contributed by atoms with Gasteiger partial charge in [-0.3, -0.25) is 0 Å². The van der Waals surface area contributed by atoms with E-state index in [-0.39, 0.29) is 5.75 Å². The molecule has 0 saturated heterocycles. The Morgan fingerprint density at radius 1 is 0.852 bits per heavy atom. The van der Waals surface area contributed by atoms with Crippen LogP contribution in [0.4, 0.5) is 13.2 Å². The van der Waals surface area contributed by atoms with Gasteiger partial charge in [-0.2, -0.15) is 0 Å². The molecule has 27 heavy (non-hydrogen) atoms. The molecule has 0 bridgehead atoms. The maximum absolute atomic E-state index is 12.5. The number of rotatable bonds is 3. The second-order valence-corrected chi connectivity index (χ2v) is 9.26. The SMILES string of the molecule is Cc1cc(C2CCC(C3CCC(C)[C@H](C)C3)C[C@H]2C)ccc1OC(F)(F)F. The molecule has 1 aromatic rings. The molecule has 2 fully saturated rings. The first-order valence-electron chi connectivity index (χ1n) is 10.5. The number of aryl methyl sites for hydroxylation is 1. The van der Waals surface area contributed by atoms with Gasteiger partial charge in [0.15, 0.2) is 0 Å². The summed E-state index contributed by atoms with van der Waals surface area (Å²) in [6.45, 7) is 8.81. The van der Waals surface area contributed by atoms with Gasteiger partial charge in [-0.05, 0) is 91.7 Å². The molecule has 2 aliphatic rings. The van der Waals surface area contributed by atoms with Crippen LogP contribution in [0, 0.1) is 36.5 Å². The molecule has 0 aromatic heterocycles. The van der Waals surface area contributed by atoms with E-state index in [4.69, 9.17) is 0 Å². The average Bonchev–Trinajstić information content (AvgIpc) is 2.58. The first kappa shape index (κ1) is 20.5. The van der Waals surface area contributed by atoms with Crippen molar-refractivity contribution in [2.24, 2.45) is 29.6 Å². The largest absolute Gasteiger partial charge is 0.573 e. The highest BCUT2D eigenvalue weighted by molar-refractivity contribution is 5.38. The van der Waals surface area contributed by atoms with Gasteiger partial charge in [0.1, 0.15) is 5.75 Å². The zero-order valence-electron chi connectivity index (χ0n) is 17.0. The summed E-state index contributed by atoms with van der Waals surface area (Å²) in [5.74, 6) is 4.31. The standard InChI is InChI=1S/C23H33F3O/c1-14-5-6-18(11-15(14)2)19-7-9-21(16(3)12-19)20-8-10-22(17(4)13-20)27-23(24,25)26/h8,10,13-16,18-19,21H,5-7,9,11-12H2,1-4H3/t14?,15-,16-,18?,19?,21?/m1/s1. The predicted molar refractivity (Wildman–Crippen MR) is 103 cm³/mol. The van der Waals surface area contributed by atoms with Crippen LogP contribution in [0.25, 0.3) is 0 Å². The van der Waals surface area contributed by atoms with Gasteiger partial charge in [0.2, 0.25) is 0 Å². The van der Waals surface area contributed by atoms with Gasteiger partial charge in [-0.15, -0.1) is 13.2 Å². The molecular weight excluding hydrogens is 349 g/mol. The van der Waals surface area contributed by atoms with E-state index in [0.29, 0.717) is 17.4 Å². The van der Waals surface area contributed by atoms with Gasteiger partial charge in [0, 0.05) is 0 Å². The van der Waals surface area contributed by atoms with E-state index < -0.39 is 6.36 Å². The Bertz CT molecular complexity index is 639. The topological polar surface area (TPSA) is 9.23 Å². The molecule has 0 heterocycles. The van der Waals surface area contributed by atoms with Crippen molar-refractivity contribution in [3.05, 3.63) is 29.3 Å². The molecule has 1 aromatic carbocycles. The van der Waals surface area contributed by atoms with Crippen molar-refractivity contribution in [2.45, 2.75) is 78.5 Å². The third-order valence-corrected chi connectivity index (χ3v) is 7.37. The molecular formula is C23H33F3O. The predicted octanol–water partition coefficient (Wildman–Crippen LogP) is 7.49. The Morgan fingerprint density at radius 2 is 1.48 bits per heavy atom. The third kappa shape index (κ3) is 5.00. The molecule has 4 unspecified atom stereocenters. The van der Waals surface area contributed by atoms with Crippen LogP contribution in [0.2, 0.25) is 0 Å². The third-order valence-electron chi connectivity index (χ3n) is 7.37. The zero-order valence-corrected chi connectivity index (χ0v) is 17.0. The maximum Gasteiger partial charge on any atom is 0.573 e. The van der Waals surface area contributed by atoms with E-state index in [1.54, 1.807) is 6.92 Å². The van der Waals surface area contributed by atoms with Gasteiger partial charge in [-0.1, -0.05) is 39.3 Å². The number of halogens is 3. The van der Waals surface area contributed by atoms with Crippen molar-refractivity contribution in [2.75, 3.05) is 0 Å². The second kappa shape index (κ2) is 8.05. The molecule has 2 aliphatic carbocycles. The van der Waals surface area contributed by atoms with Crippen LogP contribution in [-0.2, 0) is 0 Å². The molecule has 0 radical (unpaired) electrons. The van der Waals surface area contributed by atoms with Gasteiger partial charge in [-0.25, -0.2) is 0 Å². The Morgan fingerprint density at radius 3 is 2.04 bits per heavy atom. The Hall–Kier alpha value is -1.19. The summed E-state index contributed by atoms with van der Waals surface area (Å²) >= 11 is 0. The quantitative estimate of drug-likeness (QED) is 0.526. The lowest BCUT2D eigenvalue weighted by atomic mass is 9.63. The summed E-state index contributed by atoms with van der Waals surface area (Å²) < 4.78 is 41.6. The maximum atomic E-state index is 12.5. The average molecular weight is 383 g/mol. The summed E-state index contributed by atoms with van der Waals surface area (Å²) in [6, 6.07) is 5.22. The highest BCUT2D eigenvalue weighted by Crippen LogP contribution is 2.48. The summed E-state index contributed by atoms with van der Waals surface area (Å²) in [6.07, 6.45) is 3.11. The molecule has 0 amide bonds. The molecule has 0 N–H and O–H groups in total. The minimum absolute atomic E-state index is 0.0853. The van der Waals surface area contributed by atoms with E-state index in [0.717, 1.165) is 30.1 Å². The van der Waals surface area contributed by atoms with Crippen molar-refractivity contribution in [1.29, 1.82) is 0 Å². The fourth-order valence-electron chi connectivity index (χ4n) is 5.52. The van der Waals surface area contributed by atoms with Crippen molar-refractivity contribution in [3.63, 3.8) is 0 Å². The fraction of sp³-hybridized carbons (Fsp3) is 0.739. The molecule has 3 rings (SSSR count). The summed E-state index contributed by atoms with van der Waals surface area (Å²) in [5, 5.41) is 0. The molecule has 6 atom stereocenters. The highest BCUT2D eigenvalue weighted by Gasteiger charge is 2.36. The lowest BCUT2D eigenvalue weighted by Crippen LogP contribution is -2.31. The van der Waals surface area contributed by atoms with Crippen LogP contribution < -0.4 is 4.74 Å². The number of hydrogen-bond acceptors (Lipinski definition) is 1. The number of ether oxygens (including phenoxy) is 1. The normalized spacial score (nSPS) is 35.1. The zero-order chi connectivity index (χ0) is 19.8. The van der Waals surface area contributed by atoms with Crippen LogP contribution in [0.5, 0.6) is 5.75 Å². The molecule has 1 nitrogen and oxygen atoms in total. The second-order valence-electron chi connectivity index (χ2n) is 9.26. The van der Waals surface area contributed by atoms with E-state index in [1.165, 1.54) is 43.7 Å². The van der Waals surface area contributed by atoms with E-state index in [9.17, 15) is 13.2 Å². The molecule has 0 aliphatic heterocycles. The van der Waals surface area contributed by atoms with Gasteiger partial charge >= 0.3 is 6.36 Å². The van der Waals surface area contributed by atoms with Crippen molar-refractivity contribution in [3.8, 4) is 5.75 Å². The first-order chi connectivity index (χ1) is 12.6. The van der Waals surface area contributed by atoms with Gasteiger partial charge < -0.3 is 4.74 Å². The molecule has 4 heteroatoms. The van der Waals surface area contributed by atoms with Crippen LogP contribution in [-0.4, -0.2) is 6.36 Å². The van der Waals surface area contributed by atoms with E-state index in [1.807, 2.05) is 12.1 Å². The number of alkyl halides is 3. The van der Waals surface area contributed by atoms with E-state index in [2.05, 4.69) is 25.5 Å². The minimum atomic E-state index is -4.63. The lowest BCUT2D eigenvalue weighted by Gasteiger charge is -2.42. The summed E-state index contributed by atoms with van der Waals surface area (Å²) in [5.41, 5.74) is 1.73. The fourth-order valence-corrected chi connectivity index (χ4v) is 5.52. The Kier molecular flexibility index (Phi) is 6.12. The lowest BCUT2D eigenvalue weighted by molar-refractivity contribution is -0.274. The Labute approximate surface area is 161 Å². The molecule has 0 spiro atoms. The number of benzene rings is 1. The monoisotopic (exact) mass is 382 g/mol. The summed E-state index contributed by atoms with van der Waals surface area (Å²) in [7, 11) is 0. The van der Waals surface area contributed by atoms with Crippen molar-refractivity contribution >= 4 is 0 Å². The van der Waals surface area contributed by atoms with E-state index >= 15 is 0 Å². The highest BCUT2D eigenvalue weighted by atomic mass is 19.4. The first-order valence-corrected chi connectivity index (χ1v) is 10.5. The van der Waals surface area contributed by atoms with Gasteiger partial charge in [0.05, 0.1) is 0 Å². The van der Waals surface area contributed by atoms with Crippen LogP contribution in [0.15, 0.2) is 18.2 Å².